The number of nitrogens with two attached hydrogens (primary N) is 1. The van der Waals surface area contributed by atoms with Crippen LogP contribution in [-0.4, -0.2) is 39.7 Å². The summed E-state index contributed by atoms with van der Waals surface area (Å²) < 4.78 is 0. The van der Waals surface area contributed by atoms with Crippen LogP contribution in [0.3, 0.4) is 0 Å². The molecule has 3 heterocycles. The predicted octanol–water partition coefficient (Wildman–Crippen LogP) is 1.49. The number of carbonyl (C=O) groups is 1. The number of piperidine rings is 1. The number of anilines is 1. The standard InChI is InChI=1S/C15H17ClN4O2/c16-11-6-10-2-3-13(19-14(10)18-8-11)20-5-1-4-15(22,9-20)7-12(17)21/h2-3,6,8,22H,1,4-5,7,9H2,(H2,17,21). The highest BCUT2D eigenvalue weighted by atomic mass is 35.5. The maximum absolute atomic E-state index is 11.1. The molecule has 2 aromatic heterocycles. The van der Waals surface area contributed by atoms with E-state index in [1.54, 1.807) is 12.3 Å². The van der Waals surface area contributed by atoms with Crippen molar-refractivity contribution in [2.45, 2.75) is 24.9 Å². The first-order chi connectivity index (χ1) is 10.5. The Morgan fingerprint density at radius 2 is 2.32 bits per heavy atom. The Labute approximate surface area is 132 Å². The first-order valence-corrected chi connectivity index (χ1v) is 7.51. The molecule has 1 fully saturated rings. The van der Waals surface area contributed by atoms with Gasteiger partial charge in [0.25, 0.3) is 0 Å². The largest absolute Gasteiger partial charge is 0.388 e. The van der Waals surface area contributed by atoms with Gasteiger partial charge in [-0.15, -0.1) is 0 Å². The third-order valence-electron chi connectivity index (χ3n) is 3.88. The zero-order valence-corrected chi connectivity index (χ0v) is 12.8. The molecule has 22 heavy (non-hydrogen) atoms. The van der Waals surface area contributed by atoms with Gasteiger partial charge in [-0.1, -0.05) is 11.6 Å². The molecule has 6 nitrogen and oxygen atoms in total. The van der Waals surface area contributed by atoms with Gasteiger partial charge in [0.15, 0.2) is 5.65 Å². The number of halogens is 1. The highest BCUT2D eigenvalue weighted by Crippen LogP contribution is 2.28. The van der Waals surface area contributed by atoms with Gasteiger partial charge in [0.2, 0.25) is 5.91 Å². The Kier molecular flexibility index (Phi) is 3.88. The fourth-order valence-corrected chi connectivity index (χ4v) is 3.09. The average Bonchev–Trinajstić information content (AvgIpc) is 2.45. The number of hydrogen-bond donors (Lipinski definition) is 2. The monoisotopic (exact) mass is 320 g/mol. The number of rotatable bonds is 3. The topological polar surface area (TPSA) is 92.3 Å². The molecular weight excluding hydrogens is 304 g/mol. The maximum Gasteiger partial charge on any atom is 0.220 e. The molecule has 1 aliphatic rings. The van der Waals surface area contributed by atoms with Crippen LogP contribution in [-0.2, 0) is 4.79 Å². The number of fused-ring (bicyclic) bond motifs is 1. The Morgan fingerprint density at radius 1 is 1.50 bits per heavy atom. The molecule has 1 amide bonds. The minimum atomic E-state index is -1.09. The Bertz CT molecular complexity index is 724. The van der Waals surface area contributed by atoms with Crippen molar-refractivity contribution in [3.8, 4) is 0 Å². The molecule has 1 aliphatic heterocycles. The lowest BCUT2D eigenvalue weighted by molar-refractivity contribution is -0.123. The van der Waals surface area contributed by atoms with Crippen LogP contribution in [0.1, 0.15) is 19.3 Å². The molecule has 7 heteroatoms. The fourth-order valence-electron chi connectivity index (χ4n) is 2.93. The summed E-state index contributed by atoms with van der Waals surface area (Å²) in [6.45, 7) is 1.11. The van der Waals surface area contributed by atoms with Crippen molar-refractivity contribution >= 4 is 34.4 Å². The summed E-state index contributed by atoms with van der Waals surface area (Å²) >= 11 is 5.92. The fraction of sp³-hybridized carbons (Fsp3) is 0.400. The van der Waals surface area contributed by atoms with Crippen LogP contribution in [0.4, 0.5) is 5.82 Å². The van der Waals surface area contributed by atoms with Gasteiger partial charge in [0.1, 0.15) is 5.82 Å². The van der Waals surface area contributed by atoms with E-state index in [4.69, 9.17) is 17.3 Å². The summed E-state index contributed by atoms with van der Waals surface area (Å²) in [5, 5.41) is 11.9. The molecule has 1 atom stereocenters. The quantitative estimate of drug-likeness (QED) is 0.894. The molecule has 3 rings (SSSR count). The Balaban J connectivity index is 1.87. The molecule has 0 bridgehead atoms. The van der Waals surface area contributed by atoms with Crippen LogP contribution >= 0.6 is 11.6 Å². The van der Waals surface area contributed by atoms with E-state index in [-0.39, 0.29) is 6.42 Å². The lowest BCUT2D eigenvalue weighted by Crippen LogP contribution is -2.50. The van der Waals surface area contributed by atoms with Crippen molar-refractivity contribution in [1.29, 1.82) is 0 Å². The first kappa shape index (κ1) is 15.0. The van der Waals surface area contributed by atoms with E-state index in [1.165, 1.54) is 0 Å². The van der Waals surface area contributed by atoms with E-state index in [2.05, 4.69) is 9.97 Å². The highest BCUT2D eigenvalue weighted by molar-refractivity contribution is 6.31. The van der Waals surface area contributed by atoms with Crippen LogP contribution < -0.4 is 10.6 Å². The van der Waals surface area contributed by atoms with Gasteiger partial charge < -0.3 is 15.7 Å². The predicted molar refractivity (Wildman–Crippen MR) is 84.8 cm³/mol. The van der Waals surface area contributed by atoms with Crippen molar-refractivity contribution in [2.75, 3.05) is 18.0 Å². The van der Waals surface area contributed by atoms with Crippen molar-refractivity contribution in [3.05, 3.63) is 29.4 Å². The summed E-state index contributed by atoms with van der Waals surface area (Å²) in [7, 11) is 0. The van der Waals surface area contributed by atoms with Gasteiger partial charge in [-0.2, -0.15) is 0 Å². The summed E-state index contributed by atoms with van der Waals surface area (Å²) in [5.74, 6) is 0.233. The number of nitrogens with zero attached hydrogens (tertiary/aromatic N) is 3. The third kappa shape index (κ3) is 3.13. The second kappa shape index (κ2) is 5.70. The molecule has 2 aromatic rings. The molecule has 116 valence electrons. The van der Waals surface area contributed by atoms with Gasteiger partial charge in [0.05, 0.1) is 17.0 Å². The molecule has 1 unspecified atom stereocenters. The Morgan fingerprint density at radius 3 is 3.09 bits per heavy atom. The number of pyridine rings is 2. The molecule has 0 aromatic carbocycles. The third-order valence-corrected chi connectivity index (χ3v) is 4.08. The van der Waals surface area contributed by atoms with E-state index in [0.717, 1.165) is 24.2 Å². The normalized spacial score (nSPS) is 22.0. The number of aromatic nitrogens is 2. The summed E-state index contributed by atoms with van der Waals surface area (Å²) in [5.41, 5.74) is 4.74. The molecule has 3 N–H and O–H groups in total. The van der Waals surface area contributed by atoms with Gasteiger partial charge in [-0.25, -0.2) is 9.97 Å². The first-order valence-electron chi connectivity index (χ1n) is 7.13. The second-order valence-corrected chi connectivity index (χ2v) is 6.20. The smallest absolute Gasteiger partial charge is 0.220 e. The molecule has 0 aliphatic carbocycles. The van der Waals surface area contributed by atoms with Gasteiger partial charge in [-0.05, 0) is 31.0 Å². The number of β-amino-alcohol motifs (C(OH)–C–C–N with tert-alkyl or cyclic N) is 1. The van der Waals surface area contributed by atoms with E-state index in [9.17, 15) is 9.90 Å². The van der Waals surface area contributed by atoms with E-state index in [1.807, 2.05) is 17.0 Å². The summed E-state index contributed by atoms with van der Waals surface area (Å²) in [4.78, 5) is 21.8. The van der Waals surface area contributed by atoms with Crippen molar-refractivity contribution in [1.82, 2.24) is 9.97 Å². The number of carbonyl (C=O) groups excluding carboxylic acids is 1. The van der Waals surface area contributed by atoms with Crippen molar-refractivity contribution in [3.63, 3.8) is 0 Å². The van der Waals surface area contributed by atoms with E-state index in [0.29, 0.717) is 23.6 Å². The van der Waals surface area contributed by atoms with Crippen LogP contribution in [0.25, 0.3) is 11.0 Å². The number of hydrogen-bond acceptors (Lipinski definition) is 5. The summed E-state index contributed by atoms with van der Waals surface area (Å²) in [6, 6.07) is 5.58. The van der Waals surface area contributed by atoms with Crippen molar-refractivity contribution < 1.29 is 9.90 Å². The lowest BCUT2D eigenvalue weighted by atomic mass is 9.89. The summed E-state index contributed by atoms with van der Waals surface area (Å²) in [6.07, 6.45) is 2.86. The van der Waals surface area contributed by atoms with Crippen LogP contribution in [0.15, 0.2) is 24.4 Å². The molecule has 0 radical (unpaired) electrons. The molecule has 1 saturated heterocycles. The van der Waals surface area contributed by atoms with Crippen LogP contribution in [0, 0.1) is 0 Å². The second-order valence-electron chi connectivity index (χ2n) is 5.76. The number of aliphatic hydroxyl groups is 1. The molecular formula is C15H17ClN4O2. The zero-order valence-electron chi connectivity index (χ0n) is 12.0. The van der Waals surface area contributed by atoms with Crippen LogP contribution in [0.2, 0.25) is 5.02 Å². The molecule has 0 saturated carbocycles. The lowest BCUT2D eigenvalue weighted by Gasteiger charge is -2.39. The number of primary amides is 1. The SMILES string of the molecule is NC(=O)CC1(O)CCCN(c2ccc3cc(Cl)cnc3n2)C1. The zero-order chi connectivity index (χ0) is 15.7. The number of amides is 1. The minimum Gasteiger partial charge on any atom is -0.388 e. The van der Waals surface area contributed by atoms with Gasteiger partial charge in [0, 0.05) is 24.7 Å². The van der Waals surface area contributed by atoms with Gasteiger partial charge >= 0.3 is 0 Å². The van der Waals surface area contributed by atoms with E-state index < -0.39 is 11.5 Å². The maximum atomic E-state index is 11.1. The molecule has 0 spiro atoms. The average molecular weight is 321 g/mol. The van der Waals surface area contributed by atoms with E-state index >= 15 is 0 Å². The van der Waals surface area contributed by atoms with Crippen molar-refractivity contribution in [2.24, 2.45) is 5.73 Å². The van der Waals surface area contributed by atoms with Crippen LogP contribution in [0.5, 0.6) is 0 Å². The van der Waals surface area contributed by atoms with Gasteiger partial charge in [-0.3, -0.25) is 4.79 Å². The minimum absolute atomic E-state index is 0.0368. The Hall–Kier alpha value is -1.92. The highest BCUT2D eigenvalue weighted by Gasteiger charge is 2.35.